The van der Waals surface area contributed by atoms with Crippen molar-refractivity contribution < 1.29 is 0 Å². The van der Waals surface area contributed by atoms with Crippen molar-refractivity contribution >= 4 is 28.3 Å². The molecule has 0 unspecified atom stereocenters. The molecule has 5 rings (SSSR count). The Balaban J connectivity index is 1.39. The lowest BCUT2D eigenvalue weighted by Crippen LogP contribution is -2.02. The van der Waals surface area contributed by atoms with Crippen LogP contribution in [-0.2, 0) is 6.54 Å². The molecule has 0 saturated heterocycles. The second-order valence-electron chi connectivity index (χ2n) is 7.83. The largest absolute Gasteiger partial charge is 0.366 e. The summed E-state index contributed by atoms with van der Waals surface area (Å²) >= 11 is 6.00. The molecule has 4 heteroatoms. The number of hydrogen-bond donors (Lipinski definition) is 1. The van der Waals surface area contributed by atoms with E-state index in [-0.39, 0.29) is 0 Å². The van der Waals surface area contributed by atoms with Crippen LogP contribution in [0.4, 0.5) is 5.82 Å². The molecule has 5 aromatic rings. The maximum Gasteiger partial charge on any atom is 0.127 e. The summed E-state index contributed by atoms with van der Waals surface area (Å²) in [6.45, 7) is 2.87. The summed E-state index contributed by atoms with van der Waals surface area (Å²) < 4.78 is 0. The smallest absolute Gasteiger partial charge is 0.127 e. The number of nitrogens with zero attached hydrogens (tertiary/aromatic N) is 2. The molecule has 2 aromatic heterocycles. The summed E-state index contributed by atoms with van der Waals surface area (Å²) in [4.78, 5) is 9.50. The van der Waals surface area contributed by atoms with Crippen LogP contribution in [0.5, 0.6) is 0 Å². The number of benzene rings is 3. The van der Waals surface area contributed by atoms with Crippen molar-refractivity contribution in [1.82, 2.24) is 9.97 Å². The van der Waals surface area contributed by atoms with Crippen LogP contribution in [0.25, 0.3) is 33.3 Å². The Morgan fingerprint density at radius 3 is 2.28 bits per heavy atom. The van der Waals surface area contributed by atoms with Gasteiger partial charge in [-0.3, -0.25) is 4.98 Å². The Hall–Kier alpha value is -3.69. The van der Waals surface area contributed by atoms with E-state index in [2.05, 4.69) is 60.8 Å². The first-order chi connectivity index (χ1) is 15.7. The predicted octanol–water partition coefficient (Wildman–Crippen LogP) is 7.54. The molecule has 0 radical (unpaired) electrons. The minimum Gasteiger partial charge on any atom is -0.366 e. The Kier molecular flexibility index (Phi) is 5.57. The maximum absolute atomic E-state index is 6.00. The van der Waals surface area contributed by atoms with Crippen molar-refractivity contribution in [3.63, 3.8) is 0 Å². The van der Waals surface area contributed by atoms with E-state index in [4.69, 9.17) is 21.6 Å². The number of aryl methyl sites for hydroxylation is 1. The number of anilines is 1. The van der Waals surface area contributed by atoms with Crippen LogP contribution in [0.15, 0.2) is 97.2 Å². The van der Waals surface area contributed by atoms with Crippen LogP contribution in [0.1, 0.15) is 11.1 Å². The van der Waals surface area contributed by atoms with Gasteiger partial charge in [-0.2, -0.15) is 0 Å². The third-order valence-electron chi connectivity index (χ3n) is 5.57. The molecule has 0 aliphatic heterocycles. The lowest BCUT2D eigenvalue weighted by Gasteiger charge is -2.11. The van der Waals surface area contributed by atoms with Crippen LogP contribution in [0.3, 0.4) is 0 Å². The molecular formula is C28H22ClN3. The average molecular weight is 436 g/mol. The molecule has 156 valence electrons. The van der Waals surface area contributed by atoms with E-state index in [0.29, 0.717) is 0 Å². The van der Waals surface area contributed by atoms with Gasteiger partial charge in [0, 0.05) is 34.3 Å². The molecule has 32 heavy (non-hydrogen) atoms. The fraction of sp³-hybridized carbons (Fsp3) is 0.0714. The number of aromatic nitrogens is 2. The summed E-state index contributed by atoms with van der Waals surface area (Å²) in [5.74, 6) is 0.886. The fourth-order valence-corrected chi connectivity index (χ4v) is 3.94. The van der Waals surface area contributed by atoms with Crippen molar-refractivity contribution in [2.75, 3.05) is 5.32 Å². The number of hydrogen-bond acceptors (Lipinski definition) is 3. The van der Waals surface area contributed by atoms with Gasteiger partial charge in [-0.05, 0) is 60.0 Å². The summed E-state index contributed by atoms with van der Waals surface area (Å²) in [5.41, 5.74) is 7.58. The summed E-state index contributed by atoms with van der Waals surface area (Å²) in [6, 6.07) is 30.7. The molecule has 0 aliphatic carbocycles. The highest BCUT2D eigenvalue weighted by Gasteiger charge is 2.07. The Morgan fingerprint density at radius 2 is 1.53 bits per heavy atom. The van der Waals surface area contributed by atoms with E-state index in [1.807, 2.05) is 48.7 Å². The monoisotopic (exact) mass is 435 g/mol. The molecule has 0 bridgehead atoms. The second-order valence-corrected chi connectivity index (χ2v) is 8.27. The minimum absolute atomic E-state index is 0.733. The number of nitrogens with one attached hydrogen (secondary N) is 1. The van der Waals surface area contributed by atoms with Crippen molar-refractivity contribution in [2.24, 2.45) is 0 Å². The molecule has 0 fully saturated rings. The first-order valence-corrected chi connectivity index (χ1v) is 10.9. The molecule has 1 N–H and O–H groups in total. The van der Waals surface area contributed by atoms with E-state index in [1.165, 1.54) is 11.1 Å². The minimum atomic E-state index is 0.733. The zero-order valence-electron chi connectivity index (χ0n) is 17.7. The van der Waals surface area contributed by atoms with Gasteiger partial charge in [0.05, 0.1) is 11.2 Å². The molecule has 3 aromatic carbocycles. The molecule has 0 amide bonds. The van der Waals surface area contributed by atoms with Crippen LogP contribution in [0, 0.1) is 6.92 Å². The van der Waals surface area contributed by atoms with Crippen LogP contribution >= 0.6 is 11.6 Å². The topological polar surface area (TPSA) is 37.8 Å². The van der Waals surface area contributed by atoms with Crippen LogP contribution in [-0.4, -0.2) is 9.97 Å². The van der Waals surface area contributed by atoms with Crippen molar-refractivity contribution in [1.29, 1.82) is 0 Å². The molecule has 0 saturated carbocycles. The molecule has 2 heterocycles. The zero-order valence-corrected chi connectivity index (χ0v) is 18.5. The Labute approximate surface area is 192 Å². The molecule has 3 nitrogen and oxygen atoms in total. The van der Waals surface area contributed by atoms with Gasteiger partial charge in [0.15, 0.2) is 0 Å². The highest BCUT2D eigenvalue weighted by molar-refractivity contribution is 6.30. The van der Waals surface area contributed by atoms with E-state index >= 15 is 0 Å². The van der Waals surface area contributed by atoms with Gasteiger partial charge in [0.25, 0.3) is 0 Å². The highest BCUT2D eigenvalue weighted by Crippen LogP contribution is 2.28. The lowest BCUT2D eigenvalue weighted by molar-refractivity contribution is 1.12. The van der Waals surface area contributed by atoms with Gasteiger partial charge in [0.2, 0.25) is 0 Å². The fourth-order valence-electron chi connectivity index (χ4n) is 3.81. The molecule has 0 spiro atoms. The summed E-state index contributed by atoms with van der Waals surface area (Å²) in [5, 5.41) is 5.30. The molecule has 0 aliphatic rings. The zero-order chi connectivity index (χ0) is 21.9. The van der Waals surface area contributed by atoms with Crippen molar-refractivity contribution in [3.8, 4) is 22.4 Å². The van der Waals surface area contributed by atoms with Gasteiger partial charge < -0.3 is 5.32 Å². The van der Waals surface area contributed by atoms with Gasteiger partial charge in [0.1, 0.15) is 5.82 Å². The predicted molar refractivity (Wildman–Crippen MR) is 134 cm³/mol. The molecular weight excluding hydrogens is 414 g/mol. The summed E-state index contributed by atoms with van der Waals surface area (Å²) in [7, 11) is 0. The normalized spacial score (nSPS) is 10.9. The maximum atomic E-state index is 6.00. The first kappa shape index (κ1) is 20.2. The highest BCUT2D eigenvalue weighted by atomic mass is 35.5. The quantitative estimate of drug-likeness (QED) is 0.310. The van der Waals surface area contributed by atoms with Crippen LogP contribution in [0.2, 0.25) is 5.02 Å². The average Bonchev–Trinajstić information content (AvgIpc) is 2.84. The van der Waals surface area contributed by atoms with Gasteiger partial charge >= 0.3 is 0 Å². The van der Waals surface area contributed by atoms with Crippen molar-refractivity contribution in [3.05, 3.63) is 113 Å². The van der Waals surface area contributed by atoms with E-state index < -0.39 is 0 Å². The number of rotatable bonds is 5. The van der Waals surface area contributed by atoms with E-state index in [1.54, 1.807) is 0 Å². The SMILES string of the molecule is Cc1cc(NCc2ccccc2)nc2ccc(-c3ccc(-c4ccc(Cl)cc4)cn3)cc12. The van der Waals surface area contributed by atoms with Crippen LogP contribution < -0.4 is 5.32 Å². The Morgan fingerprint density at radius 1 is 0.781 bits per heavy atom. The lowest BCUT2D eigenvalue weighted by atomic mass is 10.0. The number of pyridine rings is 2. The third-order valence-corrected chi connectivity index (χ3v) is 5.82. The first-order valence-electron chi connectivity index (χ1n) is 10.6. The Bertz CT molecular complexity index is 1360. The van der Waals surface area contributed by atoms with Gasteiger partial charge in [-0.15, -0.1) is 0 Å². The van der Waals surface area contributed by atoms with E-state index in [9.17, 15) is 0 Å². The van der Waals surface area contributed by atoms with E-state index in [0.717, 1.165) is 50.7 Å². The van der Waals surface area contributed by atoms with Gasteiger partial charge in [-0.25, -0.2) is 4.98 Å². The second kappa shape index (κ2) is 8.81. The number of fused-ring (bicyclic) bond motifs is 1. The van der Waals surface area contributed by atoms with Crippen molar-refractivity contribution in [2.45, 2.75) is 13.5 Å². The van der Waals surface area contributed by atoms with Gasteiger partial charge in [-0.1, -0.05) is 66.2 Å². The standard InChI is InChI=1S/C28H22ClN3/c1-19-15-28(31-17-20-5-3-2-4-6-20)32-27-14-9-22(16-25(19)27)26-13-10-23(18-30-26)21-7-11-24(29)12-8-21/h2-16,18H,17H2,1H3,(H,31,32). The third kappa shape index (κ3) is 4.34. The number of halogens is 1. The summed E-state index contributed by atoms with van der Waals surface area (Å²) in [6.07, 6.45) is 1.91. The molecule has 0 atom stereocenters.